The highest BCUT2D eigenvalue weighted by atomic mass is 16.2. The second kappa shape index (κ2) is 6.35. The van der Waals surface area contributed by atoms with Crippen LogP contribution in [0, 0.1) is 5.92 Å². The molecule has 0 spiro atoms. The van der Waals surface area contributed by atoms with Gasteiger partial charge in [-0.3, -0.25) is 14.2 Å². The first-order valence-corrected chi connectivity index (χ1v) is 8.85. The van der Waals surface area contributed by atoms with Crippen molar-refractivity contribution < 1.29 is 9.59 Å². The van der Waals surface area contributed by atoms with Crippen molar-refractivity contribution in [2.24, 2.45) is 5.92 Å². The summed E-state index contributed by atoms with van der Waals surface area (Å²) in [5.74, 6) is 0.317. The lowest BCUT2D eigenvalue weighted by Crippen LogP contribution is -2.41. The fraction of sp³-hybridized carbons (Fsp3) is 0.421. The van der Waals surface area contributed by atoms with Crippen LogP contribution in [0.5, 0.6) is 0 Å². The second-order valence-corrected chi connectivity index (χ2v) is 6.84. The molecule has 3 heterocycles. The maximum atomic E-state index is 12.4. The van der Waals surface area contributed by atoms with Gasteiger partial charge in [0.15, 0.2) is 0 Å². The molecule has 1 saturated carbocycles. The van der Waals surface area contributed by atoms with Crippen LogP contribution in [0.4, 0.5) is 5.69 Å². The third-order valence-electron chi connectivity index (χ3n) is 5.09. The first kappa shape index (κ1) is 15.9. The molecule has 6 heteroatoms. The molecule has 0 bridgehead atoms. The summed E-state index contributed by atoms with van der Waals surface area (Å²) in [6, 6.07) is 4.22. The van der Waals surface area contributed by atoms with E-state index >= 15 is 0 Å². The Balaban J connectivity index is 1.50. The predicted octanol–water partition coefficient (Wildman–Crippen LogP) is 2.68. The molecular formula is C19H22N4O2. The van der Waals surface area contributed by atoms with Crippen LogP contribution in [0.2, 0.25) is 0 Å². The van der Waals surface area contributed by atoms with Gasteiger partial charge in [0.05, 0.1) is 0 Å². The zero-order chi connectivity index (χ0) is 17.4. The maximum Gasteiger partial charge on any atom is 0.245 e. The van der Waals surface area contributed by atoms with Gasteiger partial charge in [-0.25, -0.2) is 4.98 Å². The quantitative estimate of drug-likeness (QED) is 0.871. The molecule has 1 saturated heterocycles. The summed E-state index contributed by atoms with van der Waals surface area (Å²) < 4.78 is 1.68. The Labute approximate surface area is 146 Å². The highest BCUT2D eigenvalue weighted by Gasteiger charge is 2.31. The first-order chi connectivity index (χ1) is 12.2. The van der Waals surface area contributed by atoms with Gasteiger partial charge in [-0.15, -0.1) is 0 Å². The summed E-state index contributed by atoms with van der Waals surface area (Å²) in [5.41, 5.74) is 1.72. The Bertz CT molecular complexity index is 829. The van der Waals surface area contributed by atoms with Crippen molar-refractivity contribution in [1.82, 2.24) is 14.5 Å². The molecule has 1 aliphatic heterocycles. The summed E-state index contributed by atoms with van der Waals surface area (Å²) in [6.45, 7) is 5.01. The zero-order valence-corrected chi connectivity index (χ0v) is 14.1. The summed E-state index contributed by atoms with van der Waals surface area (Å²) >= 11 is 0. The lowest BCUT2D eigenvalue weighted by molar-refractivity contribution is -0.126. The highest BCUT2D eigenvalue weighted by molar-refractivity contribution is 5.97. The van der Waals surface area contributed by atoms with Crippen molar-refractivity contribution in [2.75, 3.05) is 18.4 Å². The SMILES string of the molecule is C=CC(=O)N1CCC(Nc2ccnc3c2ccn3C(=O)C2CC2)CC1. The van der Waals surface area contributed by atoms with Gasteiger partial charge in [0.1, 0.15) is 5.65 Å². The third kappa shape index (κ3) is 3.04. The molecule has 0 radical (unpaired) electrons. The lowest BCUT2D eigenvalue weighted by atomic mass is 10.0. The van der Waals surface area contributed by atoms with E-state index in [2.05, 4.69) is 16.9 Å². The fourth-order valence-corrected chi connectivity index (χ4v) is 3.46. The van der Waals surface area contributed by atoms with Gasteiger partial charge in [-0.05, 0) is 43.9 Å². The molecule has 0 aromatic carbocycles. The minimum absolute atomic E-state index is 0.000385. The predicted molar refractivity (Wildman–Crippen MR) is 96.5 cm³/mol. The molecule has 2 aliphatic rings. The number of aromatic nitrogens is 2. The Morgan fingerprint density at radius 3 is 2.64 bits per heavy atom. The Morgan fingerprint density at radius 1 is 1.20 bits per heavy atom. The van der Waals surface area contributed by atoms with Crippen molar-refractivity contribution in [3.8, 4) is 0 Å². The number of carbonyl (C=O) groups excluding carboxylic acids is 2. The van der Waals surface area contributed by atoms with Crippen LogP contribution in [0.3, 0.4) is 0 Å². The third-order valence-corrected chi connectivity index (χ3v) is 5.09. The van der Waals surface area contributed by atoms with Crippen LogP contribution >= 0.6 is 0 Å². The van der Waals surface area contributed by atoms with Gasteiger partial charge in [0, 0.05) is 48.5 Å². The summed E-state index contributed by atoms with van der Waals surface area (Å²) in [6.07, 6.45) is 8.71. The number of rotatable bonds is 4. The molecule has 2 fully saturated rings. The highest BCUT2D eigenvalue weighted by Crippen LogP contribution is 2.33. The molecule has 0 atom stereocenters. The van der Waals surface area contributed by atoms with Crippen LogP contribution in [0.1, 0.15) is 30.5 Å². The number of amides is 1. The van der Waals surface area contributed by atoms with E-state index in [-0.39, 0.29) is 17.7 Å². The van der Waals surface area contributed by atoms with E-state index in [0.717, 1.165) is 55.5 Å². The number of hydrogen-bond donors (Lipinski definition) is 1. The minimum atomic E-state index is 0.000385. The van der Waals surface area contributed by atoms with E-state index in [9.17, 15) is 9.59 Å². The van der Waals surface area contributed by atoms with E-state index in [4.69, 9.17) is 0 Å². The molecule has 4 rings (SSSR count). The number of hydrogen-bond acceptors (Lipinski definition) is 4. The van der Waals surface area contributed by atoms with Crippen molar-refractivity contribution in [2.45, 2.75) is 31.7 Å². The minimum Gasteiger partial charge on any atom is -0.382 e. The van der Waals surface area contributed by atoms with Crippen molar-refractivity contribution >= 4 is 28.5 Å². The van der Waals surface area contributed by atoms with Crippen LogP contribution in [-0.4, -0.2) is 45.4 Å². The Hall–Kier alpha value is -2.63. The van der Waals surface area contributed by atoms with Crippen molar-refractivity contribution in [3.63, 3.8) is 0 Å². The van der Waals surface area contributed by atoms with E-state index in [1.165, 1.54) is 6.08 Å². The standard InChI is InChI=1S/C19H22N4O2/c1-2-17(24)22-10-6-14(7-11-22)21-16-5-9-20-18-15(16)8-12-23(18)19(25)13-3-4-13/h2,5,8-9,12-14H,1,3-4,6-7,10-11H2,(H,20,21). The van der Waals surface area contributed by atoms with Gasteiger partial charge in [0.2, 0.25) is 11.8 Å². The normalized spacial score (nSPS) is 18.3. The molecule has 2 aromatic heterocycles. The number of pyridine rings is 1. The van der Waals surface area contributed by atoms with Crippen LogP contribution in [0.15, 0.2) is 37.2 Å². The lowest BCUT2D eigenvalue weighted by Gasteiger charge is -2.32. The number of fused-ring (bicyclic) bond motifs is 1. The average molecular weight is 338 g/mol. The largest absolute Gasteiger partial charge is 0.382 e. The van der Waals surface area contributed by atoms with Gasteiger partial charge < -0.3 is 10.2 Å². The first-order valence-electron chi connectivity index (χ1n) is 8.85. The van der Waals surface area contributed by atoms with E-state index in [0.29, 0.717) is 6.04 Å². The number of anilines is 1. The van der Waals surface area contributed by atoms with Gasteiger partial charge in [0.25, 0.3) is 0 Å². The molecule has 25 heavy (non-hydrogen) atoms. The van der Waals surface area contributed by atoms with Gasteiger partial charge in [-0.2, -0.15) is 0 Å². The number of nitrogens with one attached hydrogen (secondary N) is 1. The molecule has 130 valence electrons. The average Bonchev–Trinajstić information content (AvgIpc) is 3.40. The van der Waals surface area contributed by atoms with Crippen molar-refractivity contribution in [3.05, 3.63) is 37.2 Å². The van der Waals surface area contributed by atoms with E-state index < -0.39 is 0 Å². The molecule has 1 amide bonds. The van der Waals surface area contributed by atoms with Crippen LogP contribution in [-0.2, 0) is 4.79 Å². The summed E-state index contributed by atoms with van der Waals surface area (Å²) in [5, 5.41) is 4.54. The maximum absolute atomic E-state index is 12.4. The smallest absolute Gasteiger partial charge is 0.245 e. The Morgan fingerprint density at radius 2 is 1.96 bits per heavy atom. The number of carbonyl (C=O) groups is 2. The molecule has 1 N–H and O–H groups in total. The van der Waals surface area contributed by atoms with Crippen molar-refractivity contribution in [1.29, 1.82) is 0 Å². The number of nitrogens with zero attached hydrogens (tertiary/aromatic N) is 3. The summed E-state index contributed by atoms with van der Waals surface area (Å²) in [4.78, 5) is 30.3. The zero-order valence-electron chi connectivity index (χ0n) is 14.1. The topological polar surface area (TPSA) is 67.2 Å². The fourth-order valence-electron chi connectivity index (χ4n) is 3.46. The van der Waals surface area contributed by atoms with Crippen LogP contribution < -0.4 is 5.32 Å². The van der Waals surface area contributed by atoms with E-state index in [1.54, 1.807) is 10.8 Å². The van der Waals surface area contributed by atoms with Gasteiger partial charge in [-0.1, -0.05) is 6.58 Å². The van der Waals surface area contributed by atoms with Gasteiger partial charge >= 0.3 is 0 Å². The molecular weight excluding hydrogens is 316 g/mol. The molecule has 2 aromatic rings. The Kier molecular flexibility index (Phi) is 4.03. The second-order valence-electron chi connectivity index (χ2n) is 6.84. The molecule has 1 aliphatic carbocycles. The van der Waals surface area contributed by atoms with Crippen LogP contribution in [0.25, 0.3) is 11.0 Å². The summed E-state index contributed by atoms with van der Waals surface area (Å²) in [7, 11) is 0. The monoisotopic (exact) mass is 338 g/mol. The molecule has 0 unspecified atom stereocenters. The number of piperidine rings is 1. The number of likely N-dealkylation sites (tertiary alicyclic amines) is 1. The van der Waals surface area contributed by atoms with E-state index in [1.807, 2.05) is 23.2 Å². The molecule has 6 nitrogen and oxygen atoms in total.